The molecule has 0 amide bonds. The summed E-state index contributed by atoms with van der Waals surface area (Å²) in [4.78, 5) is 13.6. The summed E-state index contributed by atoms with van der Waals surface area (Å²) in [6.07, 6.45) is 0. The summed E-state index contributed by atoms with van der Waals surface area (Å²) in [5.74, 6) is 0.0573. The molecule has 0 atom stereocenters. The van der Waals surface area contributed by atoms with Gasteiger partial charge in [-0.15, -0.1) is 0 Å². The number of phenolic OH excluding ortho intramolecular Hbond substituents is 1. The Kier molecular flexibility index (Phi) is 3.83. The summed E-state index contributed by atoms with van der Waals surface area (Å²) in [5, 5.41) is 19.6. The van der Waals surface area contributed by atoms with E-state index in [1.165, 1.54) is 12.1 Å². The van der Waals surface area contributed by atoms with Crippen LogP contribution in [-0.4, -0.2) is 34.3 Å². The Hall–Kier alpha value is -1.85. The molecule has 5 nitrogen and oxygen atoms in total. The molecule has 1 aromatic carbocycles. The smallest absolute Gasteiger partial charge is 0.336 e. The topological polar surface area (TPSA) is 73.9 Å². The van der Waals surface area contributed by atoms with Gasteiger partial charge in [0.05, 0.1) is 6.61 Å². The van der Waals surface area contributed by atoms with Crippen molar-refractivity contribution in [3.8, 4) is 5.75 Å². The first-order valence-electron chi connectivity index (χ1n) is 6.41. The number of benzene rings is 1. The minimum absolute atomic E-state index is 0.0175. The number of rotatable bonds is 4. The molecule has 0 radical (unpaired) electrons. The second kappa shape index (κ2) is 5.26. The molecule has 0 aliphatic carbocycles. The highest BCUT2D eigenvalue weighted by atomic mass is 16.4. The van der Waals surface area contributed by atoms with E-state index >= 15 is 0 Å². The van der Waals surface area contributed by atoms with Crippen molar-refractivity contribution >= 4 is 11.0 Å². The fourth-order valence-electron chi connectivity index (χ4n) is 1.94. The van der Waals surface area contributed by atoms with E-state index in [2.05, 4.69) is 0 Å². The molecule has 0 aliphatic rings. The molecule has 1 heterocycles. The van der Waals surface area contributed by atoms with Crippen LogP contribution in [-0.2, 0) is 6.54 Å². The third-order valence-electron chi connectivity index (χ3n) is 3.64. The Morgan fingerprint density at radius 1 is 1.30 bits per heavy atom. The first kappa shape index (κ1) is 14.6. The van der Waals surface area contributed by atoms with E-state index < -0.39 is 5.63 Å². The normalized spacial score (nSPS) is 12.2. The van der Waals surface area contributed by atoms with Gasteiger partial charge in [0.25, 0.3) is 0 Å². The van der Waals surface area contributed by atoms with E-state index in [-0.39, 0.29) is 17.9 Å². The van der Waals surface area contributed by atoms with Crippen molar-refractivity contribution in [1.82, 2.24) is 4.90 Å². The maximum atomic E-state index is 11.6. The van der Waals surface area contributed by atoms with Crippen molar-refractivity contribution < 1.29 is 14.6 Å². The van der Waals surface area contributed by atoms with E-state index in [1.54, 1.807) is 12.1 Å². The van der Waals surface area contributed by atoms with Gasteiger partial charge in [0.2, 0.25) is 0 Å². The molecule has 2 aromatic rings. The Morgan fingerprint density at radius 3 is 2.65 bits per heavy atom. The van der Waals surface area contributed by atoms with Crippen LogP contribution in [0.1, 0.15) is 19.4 Å². The molecule has 0 fully saturated rings. The van der Waals surface area contributed by atoms with Crippen LogP contribution in [0.15, 0.2) is 33.5 Å². The largest absolute Gasteiger partial charge is 0.508 e. The number of hydrogen-bond donors (Lipinski definition) is 2. The lowest BCUT2D eigenvalue weighted by molar-refractivity contribution is 0.0736. The van der Waals surface area contributed by atoms with Crippen molar-refractivity contribution in [3.05, 3.63) is 40.2 Å². The molecule has 0 spiro atoms. The second-order valence-electron chi connectivity index (χ2n) is 5.60. The summed E-state index contributed by atoms with van der Waals surface area (Å²) in [7, 11) is 1.89. The number of fused-ring (bicyclic) bond motifs is 1. The number of aliphatic hydroxyl groups is 1. The molecule has 1 aromatic heterocycles. The second-order valence-corrected chi connectivity index (χ2v) is 5.60. The molecule has 2 N–H and O–H groups in total. The number of hydrogen-bond acceptors (Lipinski definition) is 5. The monoisotopic (exact) mass is 277 g/mol. The van der Waals surface area contributed by atoms with Gasteiger partial charge in [0.15, 0.2) is 0 Å². The third-order valence-corrected chi connectivity index (χ3v) is 3.64. The first-order valence-corrected chi connectivity index (χ1v) is 6.41. The molecule has 0 unspecified atom stereocenters. The Bertz CT molecular complexity index is 675. The zero-order valence-electron chi connectivity index (χ0n) is 11.9. The Labute approximate surface area is 117 Å². The molecule has 0 saturated heterocycles. The zero-order chi connectivity index (χ0) is 14.9. The predicted molar refractivity (Wildman–Crippen MR) is 76.8 cm³/mol. The molecule has 2 rings (SSSR count). The number of aromatic hydroxyl groups is 1. The Morgan fingerprint density at radius 2 is 2.00 bits per heavy atom. The lowest BCUT2D eigenvalue weighted by Crippen LogP contribution is -2.43. The van der Waals surface area contributed by atoms with E-state index in [0.717, 1.165) is 10.9 Å². The predicted octanol–water partition coefficient (Wildman–Crippen LogP) is 1.70. The summed E-state index contributed by atoms with van der Waals surface area (Å²) < 4.78 is 5.09. The van der Waals surface area contributed by atoms with E-state index in [0.29, 0.717) is 12.1 Å². The van der Waals surface area contributed by atoms with Crippen LogP contribution in [0.25, 0.3) is 11.0 Å². The fourth-order valence-corrected chi connectivity index (χ4v) is 1.94. The fraction of sp³-hybridized carbons (Fsp3) is 0.400. The minimum Gasteiger partial charge on any atom is -0.508 e. The summed E-state index contributed by atoms with van der Waals surface area (Å²) >= 11 is 0. The SMILES string of the molecule is CN(Cc1cc(=O)oc2cc(O)ccc12)C(C)(C)CO. The molecule has 20 heavy (non-hydrogen) atoms. The Balaban J connectivity index is 2.47. The standard InChI is InChI=1S/C15H19NO4/c1-15(2,9-17)16(3)8-10-6-14(19)20-13-7-11(18)4-5-12(10)13/h4-7,17-18H,8-9H2,1-3H3. The van der Waals surface area contributed by atoms with Crippen molar-refractivity contribution in [1.29, 1.82) is 0 Å². The van der Waals surface area contributed by atoms with Crippen LogP contribution in [0.2, 0.25) is 0 Å². The van der Waals surface area contributed by atoms with E-state index in [9.17, 15) is 15.0 Å². The van der Waals surface area contributed by atoms with Gasteiger partial charge < -0.3 is 14.6 Å². The minimum atomic E-state index is -0.451. The quantitative estimate of drug-likeness (QED) is 0.832. The van der Waals surface area contributed by atoms with E-state index in [4.69, 9.17) is 4.42 Å². The number of phenols is 1. The van der Waals surface area contributed by atoms with Gasteiger partial charge in [-0.3, -0.25) is 4.90 Å². The maximum Gasteiger partial charge on any atom is 0.336 e. The number of likely N-dealkylation sites (N-methyl/N-ethyl adjacent to an activating group) is 1. The van der Waals surface area contributed by atoms with Gasteiger partial charge in [0.1, 0.15) is 11.3 Å². The van der Waals surface area contributed by atoms with Crippen LogP contribution >= 0.6 is 0 Å². The molecule has 0 aliphatic heterocycles. The van der Waals surface area contributed by atoms with Gasteiger partial charge in [-0.2, -0.15) is 0 Å². The highest BCUT2D eigenvalue weighted by molar-refractivity contribution is 5.81. The summed E-state index contributed by atoms with van der Waals surface area (Å²) in [5.41, 5.74) is 0.329. The molecule has 0 bridgehead atoms. The van der Waals surface area contributed by atoms with Crippen LogP contribution in [0.5, 0.6) is 5.75 Å². The number of nitrogens with zero attached hydrogens (tertiary/aromatic N) is 1. The van der Waals surface area contributed by atoms with Crippen molar-refractivity contribution in [2.45, 2.75) is 25.9 Å². The molecule has 5 heteroatoms. The average molecular weight is 277 g/mol. The van der Waals surface area contributed by atoms with Gasteiger partial charge in [-0.05, 0) is 38.6 Å². The molecule has 0 saturated carbocycles. The van der Waals surface area contributed by atoms with Gasteiger partial charge in [-0.1, -0.05) is 0 Å². The van der Waals surface area contributed by atoms with Gasteiger partial charge in [-0.25, -0.2) is 4.79 Å². The van der Waals surface area contributed by atoms with Crippen LogP contribution in [0.4, 0.5) is 0 Å². The van der Waals surface area contributed by atoms with Crippen molar-refractivity contribution in [2.24, 2.45) is 0 Å². The van der Waals surface area contributed by atoms with Crippen LogP contribution < -0.4 is 5.63 Å². The zero-order valence-corrected chi connectivity index (χ0v) is 11.9. The van der Waals surface area contributed by atoms with Crippen molar-refractivity contribution in [3.63, 3.8) is 0 Å². The highest BCUT2D eigenvalue weighted by Gasteiger charge is 2.23. The highest BCUT2D eigenvalue weighted by Crippen LogP contribution is 2.24. The van der Waals surface area contributed by atoms with E-state index in [1.807, 2.05) is 25.8 Å². The van der Waals surface area contributed by atoms with Gasteiger partial charge in [0, 0.05) is 29.6 Å². The number of aliphatic hydroxyl groups excluding tert-OH is 1. The van der Waals surface area contributed by atoms with Crippen molar-refractivity contribution in [2.75, 3.05) is 13.7 Å². The third kappa shape index (κ3) is 2.84. The molecular weight excluding hydrogens is 258 g/mol. The first-order chi connectivity index (χ1) is 9.33. The van der Waals surface area contributed by atoms with Crippen LogP contribution in [0, 0.1) is 0 Å². The molecular formula is C15H19NO4. The molecule has 108 valence electrons. The van der Waals surface area contributed by atoms with Crippen LogP contribution in [0.3, 0.4) is 0 Å². The lowest BCUT2D eigenvalue weighted by atomic mass is 10.0. The lowest BCUT2D eigenvalue weighted by Gasteiger charge is -2.34. The summed E-state index contributed by atoms with van der Waals surface area (Å²) in [6, 6.07) is 6.16. The van der Waals surface area contributed by atoms with Gasteiger partial charge >= 0.3 is 5.63 Å². The summed E-state index contributed by atoms with van der Waals surface area (Å²) in [6.45, 7) is 4.36. The maximum absolute atomic E-state index is 11.6. The average Bonchev–Trinajstić information content (AvgIpc) is 2.37.